The fourth-order valence-corrected chi connectivity index (χ4v) is 2.91. The van der Waals surface area contributed by atoms with E-state index in [0.717, 1.165) is 16.3 Å². The lowest BCUT2D eigenvalue weighted by atomic mass is 9.87. The fraction of sp³-hybridized carbons (Fsp3) is 0.250. The number of benzene rings is 3. The summed E-state index contributed by atoms with van der Waals surface area (Å²) in [6.45, 7) is 7.96. The highest BCUT2D eigenvalue weighted by Crippen LogP contribution is 2.22. The number of ether oxygens (including phenoxy) is 1. The maximum absolute atomic E-state index is 12.3. The summed E-state index contributed by atoms with van der Waals surface area (Å²) in [6, 6.07) is 20.9. The second kappa shape index (κ2) is 8.35. The van der Waals surface area contributed by atoms with Crippen LogP contribution in [0.3, 0.4) is 0 Å². The Labute approximate surface area is 171 Å². The Morgan fingerprint density at radius 1 is 0.862 bits per heavy atom. The number of carbonyl (C=O) groups is 2. The molecule has 2 amide bonds. The van der Waals surface area contributed by atoms with E-state index < -0.39 is 12.0 Å². The van der Waals surface area contributed by atoms with Gasteiger partial charge in [-0.15, -0.1) is 0 Å². The molecule has 0 unspecified atom stereocenters. The molecule has 1 atom stereocenters. The van der Waals surface area contributed by atoms with Gasteiger partial charge in [-0.25, -0.2) is 0 Å². The van der Waals surface area contributed by atoms with E-state index >= 15 is 0 Å². The van der Waals surface area contributed by atoms with Gasteiger partial charge in [0.25, 0.3) is 11.8 Å². The maximum atomic E-state index is 12.3. The first-order valence-electron chi connectivity index (χ1n) is 9.60. The second-order valence-electron chi connectivity index (χ2n) is 8.04. The van der Waals surface area contributed by atoms with Crippen molar-refractivity contribution in [2.75, 3.05) is 0 Å². The lowest BCUT2D eigenvalue weighted by molar-refractivity contribution is -0.128. The molecule has 150 valence electrons. The molecule has 0 aliphatic rings. The molecule has 2 N–H and O–H groups in total. The van der Waals surface area contributed by atoms with Crippen LogP contribution in [-0.4, -0.2) is 17.9 Å². The number of hydrazine groups is 1. The van der Waals surface area contributed by atoms with E-state index in [9.17, 15) is 9.59 Å². The van der Waals surface area contributed by atoms with Crippen LogP contribution in [0.4, 0.5) is 0 Å². The SMILES string of the molecule is C[C@@H](Oc1ccc2ccccc2c1)C(=O)NNC(=O)c1ccc(C(C)(C)C)cc1. The highest BCUT2D eigenvalue weighted by molar-refractivity contribution is 5.95. The van der Waals surface area contributed by atoms with E-state index in [2.05, 4.69) is 31.6 Å². The van der Waals surface area contributed by atoms with Crippen LogP contribution in [0.5, 0.6) is 5.75 Å². The average molecular weight is 390 g/mol. The summed E-state index contributed by atoms with van der Waals surface area (Å²) in [4.78, 5) is 24.6. The third-order valence-electron chi connectivity index (χ3n) is 4.72. The minimum Gasteiger partial charge on any atom is -0.481 e. The summed E-state index contributed by atoms with van der Waals surface area (Å²) >= 11 is 0. The Hall–Kier alpha value is -3.34. The molecular weight excluding hydrogens is 364 g/mol. The molecule has 0 saturated heterocycles. The fourth-order valence-electron chi connectivity index (χ4n) is 2.91. The van der Waals surface area contributed by atoms with E-state index in [0.29, 0.717) is 11.3 Å². The van der Waals surface area contributed by atoms with Crippen molar-refractivity contribution in [3.63, 3.8) is 0 Å². The molecule has 29 heavy (non-hydrogen) atoms. The normalized spacial score (nSPS) is 12.3. The van der Waals surface area contributed by atoms with Gasteiger partial charge in [-0.2, -0.15) is 0 Å². The zero-order valence-electron chi connectivity index (χ0n) is 17.2. The van der Waals surface area contributed by atoms with Crippen LogP contribution in [0.1, 0.15) is 43.6 Å². The van der Waals surface area contributed by atoms with Gasteiger partial charge in [-0.1, -0.05) is 63.2 Å². The summed E-state index contributed by atoms with van der Waals surface area (Å²) in [7, 11) is 0. The van der Waals surface area contributed by atoms with Crippen LogP contribution in [0, 0.1) is 0 Å². The lowest BCUT2D eigenvalue weighted by Crippen LogP contribution is -2.47. The molecule has 3 rings (SSSR count). The minimum atomic E-state index is -0.764. The van der Waals surface area contributed by atoms with Crippen molar-refractivity contribution in [1.82, 2.24) is 10.9 Å². The van der Waals surface area contributed by atoms with Crippen LogP contribution in [0.25, 0.3) is 10.8 Å². The smallest absolute Gasteiger partial charge is 0.279 e. The Kier molecular flexibility index (Phi) is 5.87. The molecule has 0 fully saturated rings. The van der Waals surface area contributed by atoms with Gasteiger partial charge in [-0.3, -0.25) is 20.4 Å². The van der Waals surface area contributed by atoms with Crippen molar-refractivity contribution in [1.29, 1.82) is 0 Å². The number of fused-ring (bicyclic) bond motifs is 1. The van der Waals surface area contributed by atoms with E-state index in [1.54, 1.807) is 19.1 Å². The highest BCUT2D eigenvalue weighted by Gasteiger charge is 2.17. The van der Waals surface area contributed by atoms with Crippen LogP contribution < -0.4 is 15.6 Å². The zero-order valence-corrected chi connectivity index (χ0v) is 17.2. The van der Waals surface area contributed by atoms with Crippen molar-refractivity contribution in [2.45, 2.75) is 39.2 Å². The molecule has 3 aromatic carbocycles. The molecule has 5 heteroatoms. The summed E-state index contributed by atoms with van der Waals surface area (Å²) in [5, 5.41) is 2.13. The molecular formula is C24H26N2O3. The number of rotatable bonds is 4. The van der Waals surface area contributed by atoms with Crippen LogP contribution in [0.15, 0.2) is 66.7 Å². The minimum absolute atomic E-state index is 0.0127. The summed E-state index contributed by atoms with van der Waals surface area (Å²) in [5.41, 5.74) is 6.48. The molecule has 3 aromatic rings. The maximum Gasteiger partial charge on any atom is 0.279 e. The third kappa shape index (κ3) is 5.13. The van der Waals surface area contributed by atoms with Gasteiger partial charge in [-0.05, 0) is 52.9 Å². The zero-order chi connectivity index (χ0) is 21.0. The highest BCUT2D eigenvalue weighted by atomic mass is 16.5. The van der Waals surface area contributed by atoms with E-state index in [4.69, 9.17) is 4.74 Å². The average Bonchev–Trinajstić information content (AvgIpc) is 2.71. The molecule has 0 saturated carbocycles. The first kappa shape index (κ1) is 20.4. The van der Waals surface area contributed by atoms with Crippen LogP contribution in [-0.2, 0) is 10.2 Å². The molecule has 0 aliphatic carbocycles. The second-order valence-corrected chi connectivity index (χ2v) is 8.04. The van der Waals surface area contributed by atoms with Crippen molar-refractivity contribution in [3.8, 4) is 5.75 Å². The van der Waals surface area contributed by atoms with Gasteiger partial charge < -0.3 is 4.74 Å². The van der Waals surface area contributed by atoms with Crippen molar-refractivity contribution in [2.24, 2.45) is 0 Å². The van der Waals surface area contributed by atoms with Gasteiger partial charge in [0, 0.05) is 5.56 Å². The third-order valence-corrected chi connectivity index (χ3v) is 4.72. The molecule has 0 heterocycles. The van der Waals surface area contributed by atoms with Gasteiger partial charge in [0.05, 0.1) is 0 Å². The van der Waals surface area contributed by atoms with Gasteiger partial charge in [0.15, 0.2) is 6.10 Å². The number of amides is 2. The molecule has 0 radical (unpaired) electrons. The van der Waals surface area contributed by atoms with Crippen LogP contribution >= 0.6 is 0 Å². The standard InChI is InChI=1S/C24H26N2O3/c1-16(29-21-14-11-17-7-5-6-8-19(17)15-21)22(27)25-26-23(28)18-9-12-20(13-10-18)24(2,3)4/h5-16H,1-4H3,(H,25,27)(H,26,28)/t16-/m1/s1. The monoisotopic (exact) mass is 390 g/mol. The van der Waals surface area contributed by atoms with Gasteiger partial charge in [0.2, 0.25) is 0 Å². The molecule has 0 aliphatic heterocycles. The lowest BCUT2D eigenvalue weighted by Gasteiger charge is -2.19. The molecule has 0 bridgehead atoms. The van der Waals surface area contributed by atoms with Crippen LogP contribution in [0.2, 0.25) is 0 Å². The van der Waals surface area contributed by atoms with Crippen molar-refractivity contribution >= 4 is 22.6 Å². The topological polar surface area (TPSA) is 67.4 Å². The van der Waals surface area contributed by atoms with Gasteiger partial charge >= 0.3 is 0 Å². The quantitative estimate of drug-likeness (QED) is 0.650. The first-order valence-corrected chi connectivity index (χ1v) is 9.60. The van der Waals surface area contributed by atoms with Crippen molar-refractivity contribution in [3.05, 3.63) is 77.9 Å². The van der Waals surface area contributed by atoms with E-state index in [1.807, 2.05) is 54.6 Å². The van der Waals surface area contributed by atoms with E-state index in [-0.39, 0.29) is 11.3 Å². The van der Waals surface area contributed by atoms with Crippen molar-refractivity contribution < 1.29 is 14.3 Å². The van der Waals surface area contributed by atoms with E-state index in [1.165, 1.54) is 0 Å². The summed E-state index contributed by atoms with van der Waals surface area (Å²) in [5.74, 6) is -0.218. The number of nitrogens with one attached hydrogen (secondary N) is 2. The Morgan fingerprint density at radius 3 is 2.17 bits per heavy atom. The predicted octanol–water partition coefficient (Wildman–Crippen LogP) is 4.37. The molecule has 0 aromatic heterocycles. The summed E-state index contributed by atoms with van der Waals surface area (Å²) in [6.07, 6.45) is -0.764. The molecule has 5 nitrogen and oxygen atoms in total. The Bertz CT molecular complexity index is 1020. The Morgan fingerprint density at radius 2 is 1.52 bits per heavy atom. The number of carbonyl (C=O) groups excluding carboxylic acids is 2. The molecule has 0 spiro atoms. The summed E-state index contributed by atoms with van der Waals surface area (Å²) < 4.78 is 5.71. The predicted molar refractivity (Wildman–Crippen MR) is 115 cm³/mol. The van der Waals surface area contributed by atoms with Gasteiger partial charge in [0.1, 0.15) is 5.75 Å². The number of hydrogen-bond donors (Lipinski definition) is 2. The largest absolute Gasteiger partial charge is 0.481 e. The Balaban J connectivity index is 1.55. The number of hydrogen-bond acceptors (Lipinski definition) is 3. The first-order chi connectivity index (χ1) is 13.7.